The molecular weight excluding hydrogens is 486 g/mol. The van der Waals surface area contributed by atoms with Crippen LogP contribution in [-0.2, 0) is 16.4 Å². The summed E-state index contributed by atoms with van der Waals surface area (Å²) in [4.78, 5) is 12.7. The van der Waals surface area contributed by atoms with E-state index in [1.54, 1.807) is 18.2 Å². The Balaban J connectivity index is 1.87. The summed E-state index contributed by atoms with van der Waals surface area (Å²) in [7, 11) is -1.14. The Morgan fingerprint density at radius 2 is 1.64 bits per heavy atom. The van der Waals surface area contributed by atoms with Gasteiger partial charge in [-0.25, -0.2) is 17.1 Å². The predicted molar refractivity (Wildman–Crippen MR) is 129 cm³/mol. The minimum absolute atomic E-state index is 0.0146. The van der Waals surface area contributed by atoms with Crippen LogP contribution in [0.3, 0.4) is 0 Å². The molecule has 9 heteroatoms. The first kappa shape index (κ1) is 25.2. The summed E-state index contributed by atoms with van der Waals surface area (Å²) in [6.07, 6.45) is 0.367. The fourth-order valence-electron chi connectivity index (χ4n) is 3.37. The highest BCUT2D eigenvalue weighted by molar-refractivity contribution is 7.89. The Morgan fingerprint density at radius 1 is 1.00 bits per heavy atom. The minimum Gasteiger partial charge on any atom is -0.351 e. The monoisotopic (exact) mass is 508 g/mol. The molecule has 0 bridgehead atoms. The average Bonchev–Trinajstić information content (AvgIpc) is 2.78. The fourth-order valence-corrected chi connectivity index (χ4v) is 5.10. The molecule has 0 aliphatic carbocycles. The minimum atomic E-state index is -3.88. The predicted octanol–water partition coefficient (Wildman–Crippen LogP) is 5.14. The van der Waals surface area contributed by atoms with Crippen molar-refractivity contribution in [2.24, 2.45) is 0 Å². The third-order valence-corrected chi connectivity index (χ3v) is 7.82. The van der Waals surface area contributed by atoms with Crippen LogP contribution in [0, 0.1) is 5.82 Å². The van der Waals surface area contributed by atoms with E-state index in [0.717, 1.165) is 9.87 Å². The Kier molecular flexibility index (Phi) is 8.13. The molecule has 0 unspecified atom stereocenters. The van der Waals surface area contributed by atoms with Gasteiger partial charge in [0, 0.05) is 26.6 Å². The first-order chi connectivity index (χ1) is 15.6. The number of benzene rings is 3. The molecule has 0 spiro atoms. The molecule has 1 N–H and O–H groups in total. The summed E-state index contributed by atoms with van der Waals surface area (Å²) in [5.41, 5.74) is 1.45. The van der Waals surface area contributed by atoms with E-state index in [0.29, 0.717) is 12.0 Å². The van der Waals surface area contributed by atoms with Gasteiger partial charge in [0.25, 0.3) is 5.91 Å². The van der Waals surface area contributed by atoms with Gasteiger partial charge in [-0.05, 0) is 35.7 Å². The van der Waals surface area contributed by atoms with E-state index >= 15 is 0 Å². The lowest BCUT2D eigenvalue weighted by molar-refractivity contribution is 0.0951. The van der Waals surface area contributed by atoms with Crippen molar-refractivity contribution in [1.82, 2.24) is 9.62 Å². The van der Waals surface area contributed by atoms with Gasteiger partial charge in [0.1, 0.15) is 10.7 Å². The topological polar surface area (TPSA) is 66.5 Å². The van der Waals surface area contributed by atoms with Crippen LogP contribution in [0.15, 0.2) is 71.6 Å². The molecule has 3 aromatic rings. The molecule has 0 heterocycles. The number of hydrogen-bond donors (Lipinski definition) is 1. The molecule has 1 amide bonds. The van der Waals surface area contributed by atoms with Gasteiger partial charge in [0.2, 0.25) is 10.0 Å². The number of halogens is 3. The first-order valence-electron chi connectivity index (χ1n) is 10.1. The second kappa shape index (κ2) is 10.7. The van der Waals surface area contributed by atoms with Gasteiger partial charge in [-0.2, -0.15) is 0 Å². The molecule has 3 rings (SSSR count). The number of carbonyl (C=O) groups excluding carboxylic acids is 1. The van der Waals surface area contributed by atoms with E-state index in [-0.39, 0.29) is 38.8 Å². The Hall–Kier alpha value is -2.45. The summed E-state index contributed by atoms with van der Waals surface area (Å²) in [6, 6.07) is 18.4. The van der Waals surface area contributed by atoms with E-state index in [1.165, 1.54) is 32.3 Å². The second-order valence-corrected chi connectivity index (χ2v) is 10.6. The molecule has 1 atom stereocenters. The Bertz CT molecular complexity index is 1250. The van der Waals surface area contributed by atoms with Crippen LogP contribution in [0.1, 0.15) is 27.4 Å². The average molecular weight is 509 g/mol. The van der Waals surface area contributed by atoms with Gasteiger partial charge in [-0.15, -0.1) is 0 Å². The lowest BCUT2D eigenvalue weighted by Crippen LogP contribution is -2.30. The van der Waals surface area contributed by atoms with Crippen LogP contribution in [-0.4, -0.2) is 39.3 Å². The van der Waals surface area contributed by atoms with Crippen molar-refractivity contribution < 1.29 is 17.6 Å². The SMILES string of the molecule is CN(C)S(=O)(=O)c1cc(C(=O)NC[C@@H](Cc2ccccc2F)c2ccccc2)c(Cl)cc1Cl. The van der Waals surface area contributed by atoms with E-state index < -0.39 is 15.9 Å². The van der Waals surface area contributed by atoms with Gasteiger partial charge in [-0.3, -0.25) is 4.79 Å². The van der Waals surface area contributed by atoms with Crippen LogP contribution in [0.25, 0.3) is 0 Å². The zero-order valence-corrected chi connectivity index (χ0v) is 20.4. The highest BCUT2D eigenvalue weighted by atomic mass is 35.5. The largest absolute Gasteiger partial charge is 0.351 e. The fraction of sp³-hybridized carbons (Fsp3) is 0.208. The summed E-state index contributed by atoms with van der Waals surface area (Å²) in [6.45, 7) is 0.186. The Labute approximate surface area is 203 Å². The number of rotatable bonds is 8. The third-order valence-electron chi connectivity index (χ3n) is 5.23. The lowest BCUT2D eigenvalue weighted by atomic mass is 9.91. The normalized spacial score (nSPS) is 12.5. The first-order valence-corrected chi connectivity index (χ1v) is 12.3. The molecule has 0 saturated carbocycles. The maximum atomic E-state index is 14.3. The molecule has 0 aliphatic rings. The zero-order chi connectivity index (χ0) is 24.2. The number of hydrogen-bond acceptors (Lipinski definition) is 3. The van der Waals surface area contributed by atoms with Crippen molar-refractivity contribution >= 4 is 39.1 Å². The number of sulfonamides is 1. The number of carbonyl (C=O) groups is 1. The maximum absolute atomic E-state index is 14.3. The maximum Gasteiger partial charge on any atom is 0.252 e. The Morgan fingerprint density at radius 3 is 2.27 bits per heavy atom. The second-order valence-electron chi connectivity index (χ2n) is 7.66. The van der Waals surface area contributed by atoms with Crippen LogP contribution < -0.4 is 5.32 Å². The van der Waals surface area contributed by atoms with Crippen molar-refractivity contribution in [1.29, 1.82) is 0 Å². The number of amides is 1. The van der Waals surface area contributed by atoms with Crippen molar-refractivity contribution in [3.05, 3.63) is 99.3 Å². The molecule has 0 fully saturated rings. The lowest BCUT2D eigenvalue weighted by Gasteiger charge is -2.19. The quantitative estimate of drug-likeness (QED) is 0.458. The van der Waals surface area contributed by atoms with E-state index in [4.69, 9.17) is 23.2 Å². The molecule has 3 aromatic carbocycles. The van der Waals surface area contributed by atoms with Crippen molar-refractivity contribution in [2.75, 3.05) is 20.6 Å². The van der Waals surface area contributed by atoms with E-state index in [9.17, 15) is 17.6 Å². The number of nitrogens with one attached hydrogen (secondary N) is 1. The van der Waals surface area contributed by atoms with E-state index in [2.05, 4.69) is 5.32 Å². The van der Waals surface area contributed by atoms with Crippen LogP contribution in [0.2, 0.25) is 10.0 Å². The standard InChI is InChI=1S/C24H23Cl2FN2O3S/c1-29(2)33(31,32)23-13-19(20(25)14-21(23)26)24(30)28-15-18(16-8-4-3-5-9-16)12-17-10-6-7-11-22(17)27/h3-11,13-14,18H,12,15H2,1-2H3,(H,28,30)/t18-/m1/s1. The van der Waals surface area contributed by atoms with Crippen molar-refractivity contribution in [3.8, 4) is 0 Å². The van der Waals surface area contributed by atoms with Crippen molar-refractivity contribution in [2.45, 2.75) is 17.2 Å². The van der Waals surface area contributed by atoms with Crippen LogP contribution in [0.4, 0.5) is 4.39 Å². The highest BCUT2D eigenvalue weighted by Gasteiger charge is 2.25. The van der Waals surface area contributed by atoms with E-state index in [1.807, 2.05) is 30.3 Å². The van der Waals surface area contributed by atoms with Crippen LogP contribution in [0.5, 0.6) is 0 Å². The smallest absolute Gasteiger partial charge is 0.252 e. The summed E-state index contributed by atoms with van der Waals surface area (Å²) < 4.78 is 40.4. The highest BCUT2D eigenvalue weighted by Crippen LogP contribution is 2.30. The van der Waals surface area contributed by atoms with Gasteiger partial charge in [0.05, 0.1) is 15.6 Å². The number of nitrogens with zero attached hydrogens (tertiary/aromatic N) is 1. The molecule has 33 heavy (non-hydrogen) atoms. The molecule has 0 radical (unpaired) electrons. The summed E-state index contributed by atoms with van der Waals surface area (Å²) >= 11 is 12.3. The van der Waals surface area contributed by atoms with Gasteiger partial charge < -0.3 is 5.32 Å². The summed E-state index contributed by atoms with van der Waals surface area (Å²) in [5.74, 6) is -1.09. The third kappa shape index (κ3) is 5.92. The molecule has 5 nitrogen and oxygen atoms in total. The zero-order valence-electron chi connectivity index (χ0n) is 18.1. The molecule has 0 saturated heterocycles. The van der Waals surface area contributed by atoms with Gasteiger partial charge >= 0.3 is 0 Å². The molecular formula is C24H23Cl2FN2O3S. The molecule has 0 aromatic heterocycles. The molecule has 0 aliphatic heterocycles. The van der Waals surface area contributed by atoms with Gasteiger partial charge in [0.15, 0.2) is 0 Å². The van der Waals surface area contributed by atoms with Crippen LogP contribution >= 0.6 is 23.2 Å². The summed E-state index contributed by atoms with van der Waals surface area (Å²) in [5, 5.41) is 2.76. The molecule has 174 valence electrons. The van der Waals surface area contributed by atoms with Gasteiger partial charge in [-0.1, -0.05) is 71.7 Å². The van der Waals surface area contributed by atoms with Crippen molar-refractivity contribution in [3.63, 3.8) is 0 Å².